The number of thiophene rings is 1. The highest BCUT2D eigenvalue weighted by molar-refractivity contribution is 7.26. The number of hydrogen-bond donors (Lipinski definition) is 0. The number of hydrogen-bond acceptors (Lipinski definition) is 4. The lowest BCUT2D eigenvalue weighted by Gasteiger charge is -2.26. The van der Waals surface area contributed by atoms with Crippen molar-refractivity contribution in [2.45, 2.75) is 0 Å². The molecule has 0 bridgehead atoms. The molecular weight excluding hydrogens is 679 g/mol. The summed E-state index contributed by atoms with van der Waals surface area (Å²) in [6.07, 6.45) is 0. The molecule has 0 fully saturated rings. The van der Waals surface area contributed by atoms with Crippen LogP contribution in [-0.2, 0) is 0 Å². The lowest BCUT2D eigenvalue weighted by atomic mass is 10.0. The molecule has 0 spiro atoms. The van der Waals surface area contributed by atoms with E-state index in [2.05, 4.69) is 169 Å². The van der Waals surface area contributed by atoms with Crippen molar-refractivity contribution in [2.75, 3.05) is 4.90 Å². The van der Waals surface area contributed by atoms with Gasteiger partial charge in [0, 0.05) is 53.8 Å². The van der Waals surface area contributed by atoms with E-state index in [0.29, 0.717) is 0 Å². The molecule has 0 aliphatic rings. The van der Waals surface area contributed by atoms with Crippen LogP contribution in [-0.4, -0.2) is 0 Å². The molecule has 3 aromatic heterocycles. The highest BCUT2D eigenvalue weighted by atomic mass is 32.1. The Morgan fingerprint density at radius 3 is 2.00 bits per heavy atom. The minimum absolute atomic E-state index is 0.883. The summed E-state index contributed by atoms with van der Waals surface area (Å²) in [4.78, 5) is 2.40. The Morgan fingerprint density at radius 2 is 1.09 bits per heavy atom. The SMILES string of the molecule is c1ccc2cc(-c3ccc(N(c4ccc5oc6ccccc6c5c4)c4cccc5c4sc4ccc6oc7c8ccccc8ccc7c6c45)cc3)ccc2c1. The molecular formula is C50H29NO2S. The number of benzene rings is 9. The smallest absolute Gasteiger partial charge is 0.143 e. The maximum absolute atomic E-state index is 6.63. The Hall–Kier alpha value is -6.88. The Kier molecular flexibility index (Phi) is 6.21. The van der Waals surface area contributed by atoms with Crippen LogP contribution >= 0.6 is 11.3 Å². The molecule has 0 aliphatic heterocycles. The van der Waals surface area contributed by atoms with Gasteiger partial charge >= 0.3 is 0 Å². The van der Waals surface area contributed by atoms with Crippen molar-refractivity contribution in [1.29, 1.82) is 0 Å². The summed E-state index contributed by atoms with van der Waals surface area (Å²) < 4.78 is 15.4. The molecule has 0 saturated heterocycles. The van der Waals surface area contributed by atoms with Crippen molar-refractivity contribution in [1.82, 2.24) is 0 Å². The summed E-state index contributed by atoms with van der Waals surface area (Å²) in [6.45, 7) is 0. The first-order valence-electron chi connectivity index (χ1n) is 18.2. The van der Waals surface area contributed by atoms with Gasteiger partial charge in [-0.2, -0.15) is 0 Å². The summed E-state index contributed by atoms with van der Waals surface area (Å²) in [5.74, 6) is 0. The van der Waals surface area contributed by atoms with Gasteiger partial charge in [-0.25, -0.2) is 0 Å². The average molecular weight is 708 g/mol. The van der Waals surface area contributed by atoms with Gasteiger partial charge in [-0.05, 0) is 94.0 Å². The topological polar surface area (TPSA) is 29.5 Å². The van der Waals surface area contributed by atoms with E-state index in [4.69, 9.17) is 8.83 Å². The van der Waals surface area contributed by atoms with Crippen LogP contribution in [0.3, 0.4) is 0 Å². The van der Waals surface area contributed by atoms with Crippen molar-refractivity contribution in [3.63, 3.8) is 0 Å². The molecule has 4 heteroatoms. The Balaban J connectivity index is 1.09. The minimum Gasteiger partial charge on any atom is -0.456 e. The molecule has 0 atom stereocenters. The standard InChI is InChI=1S/C50H29NO2S/c1-2-10-33-28-34(17-16-30(33)8-1)31-18-21-35(22-19-31)51(36-23-25-44-41(29-36)38-12-5-6-15-43(38)52-44)42-14-7-13-40-48-46(54-50(40)42)27-26-45-47(48)39-24-20-32-9-3-4-11-37(32)49(39)53-45/h1-29H. The average Bonchev–Trinajstić information content (AvgIpc) is 3.92. The molecule has 0 radical (unpaired) electrons. The zero-order valence-electron chi connectivity index (χ0n) is 28.9. The van der Waals surface area contributed by atoms with E-state index >= 15 is 0 Å². The van der Waals surface area contributed by atoms with Gasteiger partial charge in [0.2, 0.25) is 0 Å². The molecule has 0 unspecified atom stereocenters. The Morgan fingerprint density at radius 1 is 0.389 bits per heavy atom. The molecule has 0 aliphatic carbocycles. The molecule has 252 valence electrons. The largest absolute Gasteiger partial charge is 0.456 e. The van der Waals surface area contributed by atoms with Crippen LogP contribution in [0.5, 0.6) is 0 Å². The van der Waals surface area contributed by atoms with Gasteiger partial charge in [0.05, 0.1) is 10.4 Å². The third-order valence-corrected chi connectivity index (χ3v) is 12.2. The van der Waals surface area contributed by atoms with Crippen LogP contribution in [0.2, 0.25) is 0 Å². The van der Waals surface area contributed by atoms with E-state index < -0.39 is 0 Å². The molecule has 3 nitrogen and oxygen atoms in total. The first-order valence-corrected chi connectivity index (χ1v) is 19.1. The van der Waals surface area contributed by atoms with E-state index in [1.807, 2.05) is 23.5 Å². The van der Waals surface area contributed by atoms with Crippen LogP contribution in [0.25, 0.3) is 96.7 Å². The Bertz CT molecular complexity index is 3460. The fraction of sp³-hybridized carbons (Fsp3) is 0. The third kappa shape index (κ3) is 4.35. The lowest BCUT2D eigenvalue weighted by molar-refractivity contribution is 0.669. The van der Waals surface area contributed by atoms with Gasteiger partial charge in [0.25, 0.3) is 0 Å². The predicted molar refractivity (Wildman–Crippen MR) is 229 cm³/mol. The van der Waals surface area contributed by atoms with Crippen LogP contribution in [0.15, 0.2) is 185 Å². The molecule has 3 heterocycles. The van der Waals surface area contributed by atoms with Gasteiger partial charge in [0.15, 0.2) is 0 Å². The number of furan rings is 2. The maximum atomic E-state index is 6.63. The quantitative estimate of drug-likeness (QED) is 0.182. The molecule has 54 heavy (non-hydrogen) atoms. The van der Waals surface area contributed by atoms with E-state index in [9.17, 15) is 0 Å². The van der Waals surface area contributed by atoms with Crippen LogP contribution in [0.1, 0.15) is 0 Å². The highest BCUT2D eigenvalue weighted by Gasteiger charge is 2.22. The highest BCUT2D eigenvalue weighted by Crippen LogP contribution is 2.49. The second-order valence-corrected chi connectivity index (χ2v) is 15.1. The van der Waals surface area contributed by atoms with Crippen molar-refractivity contribution in [3.05, 3.63) is 176 Å². The normalized spacial score (nSPS) is 12.1. The lowest BCUT2D eigenvalue weighted by Crippen LogP contribution is -2.10. The van der Waals surface area contributed by atoms with Gasteiger partial charge in [-0.3, -0.25) is 0 Å². The van der Waals surface area contributed by atoms with Crippen molar-refractivity contribution < 1.29 is 8.83 Å². The Labute approximate surface area is 313 Å². The van der Waals surface area contributed by atoms with Crippen LogP contribution in [0.4, 0.5) is 17.1 Å². The molecule has 12 rings (SSSR count). The second-order valence-electron chi connectivity index (χ2n) is 14.1. The second kappa shape index (κ2) is 11.3. The van der Waals surface area contributed by atoms with E-state index in [-0.39, 0.29) is 0 Å². The zero-order valence-corrected chi connectivity index (χ0v) is 29.7. The molecule has 0 N–H and O–H groups in total. The van der Waals surface area contributed by atoms with E-state index in [1.165, 1.54) is 52.8 Å². The van der Waals surface area contributed by atoms with Gasteiger partial charge in [0.1, 0.15) is 22.3 Å². The number of nitrogens with zero attached hydrogens (tertiary/aromatic N) is 1. The van der Waals surface area contributed by atoms with Crippen LogP contribution < -0.4 is 4.90 Å². The molecule has 0 saturated carbocycles. The summed E-state index contributed by atoms with van der Waals surface area (Å²) >= 11 is 1.84. The van der Waals surface area contributed by atoms with Crippen LogP contribution in [0, 0.1) is 0 Å². The zero-order chi connectivity index (χ0) is 35.3. The summed E-state index contributed by atoms with van der Waals surface area (Å²) in [5.41, 5.74) is 9.31. The van der Waals surface area contributed by atoms with E-state index in [0.717, 1.165) is 60.9 Å². The number of fused-ring (bicyclic) bond motifs is 13. The number of anilines is 3. The summed E-state index contributed by atoms with van der Waals surface area (Å²) in [6, 6.07) is 63.1. The van der Waals surface area contributed by atoms with Gasteiger partial charge in [-0.15, -0.1) is 11.3 Å². The molecule has 12 aromatic rings. The first kappa shape index (κ1) is 29.7. The maximum Gasteiger partial charge on any atom is 0.143 e. The molecule has 9 aromatic carbocycles. The fourth-order valence-corrected chi connectivity index (χ4v) is 9.71. The van der Waals surface area contributed by atoms with Crippen molar-refractivity contribution >= 4 is 114 Å². The van der Waals surface area contributed by atoms with Gasteiger partial charge < -0.3 is 13.7 Å². The van der Waals surface area contributed by atoms with E-state index in [1.54, 1.807) is 0 Å². The number of para-hydroxylation sites is 1. The first-order chi connectivity index (χ1) is 26.7. The van der Waals surface area contributed by atoms with Gasteiger partial charge in [-0.1, -0.05) is 109 Å². The predicted octanol–water partition coefficient (Wildman–Crippen LogP) is 15.3. The van der Waals surface area contributed by atoms with Crippen molar-refractivity contribution in [2.24, 2.45) is 0 Å². The monoisotopic (exact) mass is 707 g/mol. The minimum atomic E-state index is 0.883. The third-order valence-electron chi connectivity index (χ3n) is 11.0. The fourth-order valence-electron chi connectivity index (χ4n) is 8.50. The van der Waals surface area contributed by atoms with Crippen molar-refractivity contribution in [3.8, 4) is 11.1 Å². The number of rotatable bonds is 4. The molecule has 0 amide bonds. The summed E-state index contributed by atoms with van der Waals surface area (Å²) in [5, 5.41) is 11.8. The summed E-state index contributed by atoms with van der Waals surface area (Å²) in [7, 11) is 0.